The molecule has 196 valence electrons. The molecule has 0 aliphatic heterocycles. The molecule has 0 aliphatic carbocycles. The zero-order chi connectivity index (χ0) is 27.0. The van der Waals surface area contributed by atoms with E-state index in [0.29, 0.717) is 33.3 Å². The molecule has 37 heavy (non-hydrogen) atoms. The van der Waals surface area contributed by atoms with Gasteiger partial charge in [-0.25, -0.2) is 18.3 Å². The zero-order valence-corrected chi connectivity index (χ0v) is 21.5. The van der Waals surface area contributed by atoms with Crippen molar-refractivity contribution in [3.63, 3.8) is 0 Å². The van der Waals surface area contributed by atoms with Gasteiger partial charge in [0.1, 0.15) is 11.8 Å². The topological polar surface area (TPSA) is 122 Å². The molecule has 1 atom stereocenters. The molecule has 0 saturated heterocycles. The number of nitrogens with one attached hydrogen (secondary N) is 2. The molecule has 0 radical (unpaired) electrons. The number of amides is 1. The van der Waals surface area contributed by atoms with Gasteiger partial charge in [0.25, 0.3) is 5.91 Å². The van der Waals surface area contributed by atoms with Crippen LogP contribution in [0.5, 0.6) is 0 Å². The van der Waals surface area contributed by atoms with E-state index >= 15 is 0 Å². The summed E-state index contributed by atoms with van der Waals surface area (Å²) in [6.45, 7) is 5.17. The van der Waals surface area contributed by atoms with Gasteiger partial charge in [0, 0.05) is 18.6 Å². The lowest BCUT2D eigenvalue weighted by molar-refractivity contribution is -0.00177. The Bertz CT molecular complexity index is 1420. The largest absolute Gasteiger partial charge is 0.387 e. The van der Waals surface area contributed by atoms with Crippen LogP contribution in [0.1, 0.15) is 38.1 Å². The quantitative estimate of drug-likeness (QED) is 0.298. The number of fused-ring (bicyclic) bond motifs is 1. The highest BCUT2D eigenvalue weighted by Crippen LogP contribution is 2.29. The normalized spacial score (nSPS) is 13.1. The molecule has 0 spiro atoms. The predicted molar refractivity (Wildman–Crippen MR) is 135 cm³/mol. The third-order valence-electron chi connectivity index (χ3n) is 5.41. The van der Waals surface area contributed by atoms with Crippen molar-refractivity contribution < 1.29 is 18.7 Å². The number of aromatic nitrogens is 6. The Morgan fingerprint density at radius 2 is 1.89 bits per heavy atom. The van der Waals surface area contributed by atoms with Gasteiger partial charge in [-0.3, -0.25) is 14.5 Å². The van der Waals surface area contributed by atoms with Crippen molar-refractivity contribution in [2.45, 2.75) is 51.7 Å². The van der Waals surface area contributed by atoms with Crippen molar-refractivity contribution >= 4 is 34.5 Å². The molecule has 3 N–H and O–H groups in total. The van der Waals surface area contributed by atoms with E-state index in [4.69, 9.17) is 11.6 Å². The van der Waals surface area contributed by atoms with Crippen LogP contribution in [0.25, 0.3) is 16.9 Å². The molecule has 0 aliphatic rings. The van der Waals surface area contributed by atoms with E-state index in [0.717, 1.165) is 0 Å². The van der Waals surface area contributed by atoms with E-state index in [1.54, 1.807) is 24.7 Å². The molecule has 13 heteroatoms. The maximum Gasteiger partial charge on any atom is 0.255 e. The number of halogens is 3. The molecule has 10 nitrogen and oxygen atoms in total. The van der Waals surface area contributed by atoms with Gasteiger partial charge in [-0.15, -0.1) is 0 Å². The summed E-state index contributed by atoms with van der Waals surface area (Å²) in [5, 5.41) is 24.3. The van der Waals surface area contributed by atoms with Gasteiger partial charge in [0.15, 0.2) is 5.65 Å². The number of aliphatic hydroxyl groups is 1. The van der Waals surface area contributed by atoms with E-state index in [-0.39, 0.29) is 12.1 Å². The molecular weight excluding hydrogens is 506 g/mol. The predicted octanol–water partition coefficient (Wildman–Crippen LogP) is 3.97. The number of rotatable bonds is 9. The van der Waals surface area contributed by atoms with Crippen LogP contribution in [0.2, 0.25) is 5.02 Å². The van der Waals surface area contributed by atoms with Crippen molar-refractivity contribution in [1.82, 2.24) is 34.7 Å². The highest BCUT2D eigenvalue weighted by molar-refractivity contribution is 6.30. The minimum Gasteiger partial charge on any atom is -0.387 e. The summed E-state index contributed by atoms with van der Waals surface area (Å²) in [5.41, 5.74) is -0.571. The Balaban J connectivity index is 1.68. The van der Waals surface area contributed by atoms with Crippen LogP contribution < -0.4 is 10.6 Å². The average molecular weight is 533 g/mol. The highest BCUT2D eigenvalue weighted by Gasteiger charge is 2.27. The number of carbonyl (C=O) groups excluding carboxylic acids is 1. The van der Waals surface area contributed by atoms with Crippen LogP contribution in [-0.2, 0) is 6.54 Å². The Morgan fingerprint density at radius 3 is 2.59 bits per heavy atom. The molecule has 4 aromatic heterocycles. The molecular formula is C24H27ClF2N8O2. The van der Waals surface area contributed by atoms with E-state index < -0.39 is 29.9 Å². The number of alkyl halides is 2. The molecule has 0 saturated carbocycles. The summed E-state index contributed by atoms with van der Waals surface area (Å²) in [6.07, 6.45) is 7.43. The first-order valence-electron chi connectivity index (χ1n) is 11.4. The fourth-order valence-electron chi connectivity index (χ4n) is 3.50. The third kappa shape index (κ3) is 6.38. The Hall–Kier alpha value is -3.64. The number of pyridine rings is 1. The SMILES string of the molecule is CC(C)(F)Cn1cc(Nc2cc(-c3cnn4cc(Cl)cnc34)ncc2C(=O)NC[C@@H](F)C(C)(C)O)cn1. The standard InChI is InChI=1S/C24H27ClF2N8O2/c1-23(2,27)13-34-12-15(7-31-34)33-19-5-18(16-9-32-35-11-14(25)6-29-21(16)35)28-8-17(19)22(36)30-10-20(26)24(3,4)37/h5-9,11-12,20,37H,10,13H2,1-4H3,(H,28,33)(H,30,36)/t20-/m1/s1. The van der Waals surface area contributed by atoms with E-state index in [1.165, 1.54) is 55.5 Å². The van der Waals surface area contributed by atoms with E-state index in [9.17, 15) is 18.7 Å². The first-order valence-corrected chi connectivity index (χ1v) is 11.8. The fourth-order valence-corrected chi connectivity index (χ4v) is 3.64. The van der Waals surface area contributed by atoms with Crippen molar-refractivity contribution in [3.05, 3.63) is 53.8 Å². The first kappa shape index (κ1) is 26.4. The van der Waals surface area contributed by atoms with Crippen molar-refractivity contribution in [2.24, 2.45) is 0 Å². The second-order valence-electron chi connectivity index (χ2n) is 9.82. The van der Waals surface area contributed by atoms with Crippen LogP contribution in [0, 0.1) is 0 Å². The van der Waals surface area contributed by atoms with Crippen LogP contribution >= 0.6 is 11.6 Å². The molecule has 1 amide bonds. The zero-order valence-electron chi connectivity index (χ0n) is 20.7. The number of hydrogen-bond donors (Lipinski definition) is 3. The third-order valence-corrected chi connectivity index (χ3v) is 5.60. The van der Waals surface area contributed by atoms with Crippen LogP contribution in [-0.4, -0.2) is 64.4 Å². The lowest BCUT2D eigenvalue weighted by Crippen LogP contribution is -2.42. The van der Waals surface area contributed by atoms with Crippen molar-refractivity contribution in [2.75, 3.05) is 11.9 Å². The molecule has 0 fully saturated rings. The van der Waals surface area contributed by atoms with Crippen LogP contribution in [0.3, 0.4) is 0 Å². The molecule has 4 aromatic rings. The molecule has 0 aromatic carbocycles. The molecule has 0 unspecified atom stereocenters. The smallest absolute Gasteiger partial charge is 0.255 e. The van der Waals surface area contributed by atoms with Gasteiger partial charge in [0.2, 0.25) is 0 Å². The Morgan fingerprint density at radius 1 is 1.14 bits per heavy atom. The Kier molecular flexibility index (Phi) is 7.16. The van der Waals surface area contributed by atoms with Gasteiger partial charge >= 0.3 is 0 Å². The molecule has 4 heterocycles. The van der Waals surface area contributed by atoms with Gasteiger partial charge in [0.05, 0.1) is 70.5 Å². The molecule has 0 bridgehead atoms. The first-order chi connectivity index (χ1) is 17.3. The van der Waals surface area contributed by atoms with Gasteiger partial charge in [-0.05, 0) is 33.8 Å². The maximum absolute atomic E-state index is 14.2. The van der Waals surface area contributed by atoms with E-state index in [2.05, 4.69) is 30.8 Å². The van der Waals surface area contributed by atoms with Crippen LogP contribution in [0.4, 0.5) is 20.2 Å². The lowest BCUT2D eigenvalue weighted by Gasteiger charge is -2.22. The fraction of sp³-hybridized carbons (Fsp3) is 0.375. The summed E-state index contributed by atoms with van der Waals surface area (Å²) in [6, 6.07) is 1.63. The number of carbonyl (C=O) groups is 1. The van der Waals surface area contributed by atoms with Crippen molar-refractivity contribution in [1.29, 1.82) is 0 Å². The van der Waals surface area contributed by atoms with Gasteiger partial charge < -0.3 is 15.7 Å². The number of nitrogens with zero attached hydrogens (tertiary/aromatic N) is 6. The lowest BCUT2D eigenvalue weighted by atomic mass is 10.0. The maximum atomic E-state index is 14.2. The van der Waals surface area contributed by atoms with E-state index in [1.807, 2.05) is 0 Å². The second kappa shape index (κ2) is 10.0. The van der Waals surface area contributed by atoms with Gasteiger partial charge in [-0.1, -0.05) is 11.6 Å². The van der Waals surface area contributed by atoms with Gasteiger partial charge in [-0.2, -0.15) is 10.2 Å². The minimum atomic E-state index is -1.68. The summed E-state index contributed by atoms with van der Waals surface area (Å²) in [4.78, 5) is 21.7. The summed E-state index contributed by atoms with van der Waals surface area (Å²) < 4.78 is 31.3. The van der Waals surface area contributed by atoms with Crippen molar-refractivity contribution in [3.8, 4) is 11.3 Å². The average Bonchev–Trinajstić information content (AvgIpc) is 3.41. The summed E-state index contributed by atoms with van der Waals surface area (Å²) in [7, 11) is 0. The Labute approximate surface area is 216 Å². The monoisotopic (exact) mass is 532 g/mol. The minimum absolute atomic E-state index is 0.0368. The summed E-state index contributed by atoms with van der Waals surface area (Å²) >= 11 is 6.00. The highest BCUT2D eigenvalue weighted by atomic mass is 35.5. The molecule has 4 rings (SSSR count). The second-order valence-corrected chi connectivity index (χ2v) is 10.3. The number of hydrogen-bond acceptors (Lipinski definition) is 7. The number of anilines is 2. The summed E-state index contributed by atoms with van der Waals surface area (Å²) in [5.74, 6) is -0.601. The van der Waals surface area contributed by atoms with Crippen LogP contribution in [0.15, 0.2) is 43.2 Å².